The van der Waals surface area contributed by atoms with Gasteiger partial charge in [0, 0.05) is 23.1 Å². The summed E-state index contributed by atoms with van der Waals surface area (Å²) in [5, 5.41) is 14.3. The number of hydrogen-bond donors (Lipinski definition) is 2. The van der Waals surface area contributed by atoms with E-state index in [4.69, 9.17) is 9.97 Å². The highest BCUT2D eigenvalue weighted by Crippen LogP contribution is 2.47. The smallest absolute Gasteiger partial charge is 0.308 e. The highest BCUT2D eigenvalue weighted by atomic mass is 19.1. The maximum atomic E-state index is 14.4. The Morgan fingerprint density at radius 3 is 2.59 bits per heavy atom. The lowest BCUT2D eigenvalue weighted by Gasteiger charge is -2.47. The van der Waals surface area contributed by atoms with Crippen LogP contribution in [0.5, 0.6) is 0 Å². The molecular formula is C27H25F2N3O2. The van der Waals surface area contributed by atoms with Crippen molar-refractivity contribution >= 4 is 28.3 Å². The molecular weight excluding hydrogens is 436 g/mol. The summed E-state index contributed by atoms with van der Waals surface area (Å²) in [6.07, 6.45) is 6.11. The summed E-state index contributed by atoms with van der Waals surface area (Å²) >= 11 is 0. The van der Waals surface area contributed by atoms with Crippen LogP contribution in [0.4, 0.5) is 14.6 Å². The summed E-state index contributed by atoms with van der Waals surface area (Å²) in [6, 6.07) is 7.90. The van der Waals surface area contributed by atoms with Gasteiger partial charge in [-0.05, 0) is 85.8 Å². The fraction of sp³-hybridized carbons (Fsp3) is 0.370. The largest absolute Gasteiger partial charge is 0.481 e. The number of aryl methyl sites for hydroxylation is 1. The van der Waals surface area contributed by atoms with Crippen LogP contribution in [0.1, 0.15) is 48.2 Å². The highest BCUT2D eigenvalue weighted by molar-refractivity contribution is 5.93. The summed E-state index contributed by atoms with van der Waals surface area (Å²) in [7, 11) is 0. The fourth-order valence-electron chi connectivity index (χ4n) is 6.22. The molecule has 5 nitrogen and oxygen atoms in total. The summed E-state index contributed by atoms with van der Waals surface area (Å²) in [5.41, 5.74) is 3.25. The van der Waals surface area contributed by atoms with Gasteiger partial charge in [0.2, 0.25) is 0 Å². The molecule has 2 bridgehead atoms. The average molecular weight is 462 g/mol. The van der Waals surface area contributed by atoms with Crippen molar-refractivity contribution in [1.29, 1.82) is 0 Å². The van der Waals surface area contributed by atoms with Gasteiger partial charge in [-0.3, -0.25) is 4.79 Å². The van der Waals surface area contributed by atoms with Crippen molar-refractivity contribution in [3.05, 3.63) is 70.6 Å². The molecule has 1 heterocycles. The van der Waals surface area contributed by atoms with Gasteiger partial charge < -0.3 is 10.4 Å². The fourth-order valence-corrected chi connectivity index (χ4v) is 6.22. The lowest BCUT2D eigenvalue weighted by molar-refractivity contribution is -0.148. The van der Waals surface area contributed by atoms with Gasteiger partial charge in [-0.15, -0.1) is 0 Å². The topological polar surface area (TPSA) is 75.1 Å². The minimum atomic E-state index is -0.764. The first-order valence-electron chi connectivity index (χ1n) is 11.9. The van der Waals surface area contributed by atoms with Crippen LogP contribution in [-0.4, -0.2) is 27.1 Å². The van der Waals surface area contributed by atoms with Crippen molar-refractivity contribution in [2.45, 2.75) is 45.1 Å². The number of carboxylic acid groups (broad SMARTS) is 1. The SMILES string of the molecule is Cc1ccc2c(NC3C4CCC(CC4)C3C(=O)O)nc(C3=CCc4c(F)cc(F)cc43)nc2c1. The van der Waals surface area contributed by atoms with Crippen LogP contribution in [-0.2, 0) is 11.2 Å². The lowest BCUT2D eigenvalue weighted by atomic mass is 9.61. The second kappa shape index (κ2) is 7.86. The second-order valence-corrected chi connectivity index (χ2v) is 9.86. The monoisotopic (exact) mass is 461 g/mol. The van der Waals surface area contributed by atoms with E-state index >= 15 is 0 Å². The number of fused-ring (bicyclic) bond motifs is 5. The van der Waals surface area contributed by atoms with Crippen molar-refractivity contribution < 1.29 is 18.7 Å². The van der Waals surface area contributed by atoms with Crippen LogP contribution in [0.15, 0.2) is 36.4 Å². The van der Waals surface area contributed by atoms with Crippen molar-refractivity contribution in [2.75, 3.05) is 5.32 Å². The Kier molecular flexibility index (Phi) is 4.90. The van der Waals surface area contributed by atoms with E-state index in [1.54, 1.807) is 0 Å². The summed E-state index contributed by atoms with van der Waals surface area (Å²) in [5.74, 6) is -1.02. The molecule has 7 rings (SSSR count). The first-order valence-corrected chi connectivity index (χ1v) is 11.9. The van der Waals surface area contributed by atoms with Crippen LogP contribution >= 0.6 is 0 Å². The zero-order valence-corrected chi connectivity index (χ0v) is 18.8. The molecule has 174 valence electrons. The van der Waals surface area contributed by atoms with E-state index in [2.05, 4.69) is 5.32 Å². The minimum absolute atomic E-state index is 0.171. The Bertz CT molecular complexity index is 1360. The van der Waals surface area contributed by atoms with E-state index in [0.717, 1.165) is 42.7 Å². The number of allylic oxidation sites excluding steroid dienone is 1. The molecule has 4 aliphatic carbocycles. The van der Waals surface area contributed by atoms with Crippen molar-refractivity contribution in [2.24, 2.45) is 17.8 Å². The maximum Gasteiger partial charge on any atom is 0.308 e. The van der Waals surface area contributed by atoms with Crippen LogP contribution in [0.25, 0.3) is 16.5 Å². The molecule has 34 heavy (non-hydrogen) atoms. The Labute approximate surface area is 195 Å². The number of nitrogens with one attached hydrogen (secondary N) is 1. The number of halogens is 2. The number of aliphatic carboxylic acids is 1. The minimum Gasteiger partial charge on any atom is -0.481 e. The normalized spacial score (nSPS) is 25.3. The van der Waals surface area contributed by atoms with Crippen LogP contribution in [0, 0.1) is 36.3 Å². The van der Waals surface area contributed by atoms with Gasteiger partial charge in [-0.2, -0.15) is 0 Å². The molecule has 2 aromatic carbocycles. The number of aromatic nitrogens is 2. The third-order valence-electron chi connectivity index (χ3n) is 7.86. The van der Waals surface area contributed by atoms with E-state index in [0.29, 0.717) is 40.3 Å². The molecule has 0 radical (unpaired) electrons. The third-order valence-corrected chi connectivity index (χ3v) is 7.86. The molecule has 0 spiro atoms. The quantitative estimate of drug-likeness (QED) is 0.536. The number of rotatable bonds is 4. The molecule has 2 atom stereocenters. The van der Waals surface area contributed by atoms with E-state index in [1.807, 2.05) is 31.2 Å². The van der Waals surface area contributed by atoms with Crippen molar-refractivity contribution in [1.82, 2.24) is 9.97 Å². The van der Waals surface area contributed by atoms with E-state index in [9.17, 15) is 18.7 Å². The van der Waals surface area contributed by atoms with Crippen LogP contribution < -0.4 is 5.32 Å². The van der Waals surface area contributed by atoms with Gasteiger partial charge in [0.1, 0.15) is 17.5 Å². The highest BCUT2D eigenvalue weighted by Gasteiger charge is 2.47. The van der Waals surface area contributed by atoms with Crippen molar-refractivity contribution in [3.63, 3.8) is 0 Å². The molecule has 2 N–H and O–H groups in total. The standard InChI is InChI=1S/C27H25F2N3O2/c1-13-2-7-19-22(10-13)30-25(18-9-8-17-20(18)11-16(28)12-21(17)29)32-26(19)31-24-15-5-3-14(4-6-15)23(24)27(33)34/h2,7,9-12,14-15,23-24H,3-6,8H2,1H3,(H,33,34)(H,30,31,32). The number of carboxylic acids is 1. The first kappa shape index (κ1) is 21.2. The zero-order chi connectivity index (χ0) is 23.6. The van der Waals surface area contributed by atoms with Gasteiger partial charge in [0.25, 0.3) is 0 Å². The van der Waals surface area contributed by atoms with Gasteiger partial charge in [-0.1, -0.05) is 12.1 Å². The van der Waals surface area contributed by atoms with Gasteiger partial charge in [0.05, 0.1) is 11.4 Å². The number of benzene rings is 2. The van der Waals surface area contributed by atoms with E-state index in [-0.39, 0.29) is 17.9 Å². The maximum absolute atomic E-state index is 14.4. The van der Waals surface area contributed by atoms with Crippen LogP contribution in [0.3, 0.4) is 0 Å². The molecule has 0 aliphatic heterocycles. The Morgan fingerprint density at radius 1 is 1.06 bits per heavy atom. The van der Waals surface area contributed by atoms with Crippen molar-refractivity contribution in [3.8, 4) is 0 Å². The van der Waals surface area contributed by atoms with Gasteiger partial charge in [-0.25, -0.2) is 18.7 Å². The molecule has 3 saturated carbocycles. The molecule has 7 heteroatoms. The summed E-state index contributed by atoms with van der Waals surface area (Å²) in [6.45, 7) is 1.98. The summed E-state index contributed by atoms with van der Waals surface area (Å²) in [4.78, 5) is 21.7. The molecule has 3 fully saturated rings. The van der Waals surface area contributed by atoms with E-state index in [1.165, 1.54) is 6.07 Å². The molecule has 3 aromatic rings. The molecule has 0 amide bonds. The first-order chi connectivity index (χ1) is 16.4. The lowest BCUT2D eigenvalue weighted by Crippen LogP contribution is -2.51. The Morgan fingerprint density at radius 2 is 1.82 bits per heavy atom. The molecule has 2 unspecified atom stereocenters. The zero-order valence-electron chi connectivity index (χ0n) is 18.8. The average Bonchev–Trinajstić information content (AvgIpc) is 3.23. The predicted molar refractivity (Wildman–Crippen MR) is 125 cm³/mol. The van der Waals surface area contributed by atoms with Gasteiger partial charge in [0.15, 0.2) is 5.82 Å². The number of nitrogens with zero attached hydrogens (tertiary/aromatic N) is 2. The van der Waals surface area contributed by atoms with E-state index < -0.39 is 23.5 Å². The Balaban J connectivity index is 1.47. The predicted octanol–water partition coefficient (Wildman–Crippen LogP) is 5.51. The Hall–Kier alpha value is -3.35. The number of anilines is 1. The van der Waals surface area contributed by atoms with Gasteiger partial charge >= 0.3 is 5.97 Å². The summed E-state index contributed by atoms with van der Waals surface area (Å²) < 4.78 is 28.4. The van der Waals surface area contributed by atoms with Crippen LogP contribution in [0.2, 0.25) is 0 Å². The second-order valence-electron chi connectivity index (χ2n) is 9.86. The number of hydrogen-bond acceptors (Lipinski definition) is 4. The number of carbonyl (C=O) groups is 1. The third kappa shape index (κ3) is 3.37. The molecule has 0 saturated heterocycles. The molecule has 1 aromatic heterocycles. The molecule has 4 aliphatic rings.